The number of hydrogen-bond donors (Lipinski definition) is 4. The standard InChI is InChI=1S/C10H16N2O8.C8H16O4.Fe.H3O4P/c13-7(14)3-11(4-8(15)16)1-2-12(5-9(17)18)6-10(19)20;1-5-9-6(2)11-8(4)12-7(3)10-5;;1-5(2,3)4/h1-6H2,(H,13,14)(H,15,16)(H,17,18)(H,19,20);5-8H,1-4H3;;(H3,1,2,3,4)/q;;+3;/p-3. The van der Waals surface area contributed by atoms with Crippen LogP contribution in [0, 0.1) is 0 Å². The third kappa shape index (κ3) is 30.5. The minimum Gasteiger partial charge on any atom is -0.822 e. The van der Waals surface area contributed by atoms with E-state index in [1.165, 1.54) is 0 Å². The van der Waals surface area contributed by atoms with Crippen LogP contribution in [0.1, 0.15) is 27.7 Å². The van der Waals surface area contributed by atoms with E-state index in [0.29, 0.717) is 0 Å². The summed E-state index contributed by atoms with van der Waals surface area (Å²) < 4.78 is 29.8. The second-order valence-corrected chi connectivity index (χ2v) is 8.15. The topological polar surface area (TPSA) is 279 Å². The Morgan fingerprint density at radius 3 is 0.895 bits per heavy atom. The van der Waals surface area contributed by atoms with Gasteiger partial charge in [0.1, 0.15) is 0 Å². The molecule has 38 heavy (non-hydrogen) atoms. The maximum Gasteiger partial charge on any atom is 3.00 e. The first-order valence-electron chi connectivity index (χ1n) is 10.4. The smallest absolute Gasteiger partial charge is 0.822 e. The molecule has 1 aliphatic heterocycles. The second kappa shape index (κ2) is 21.1. The van der Waals surface area contributed by atoms with Gasteiger partial charge in [-0.2, -0.15) is 7.82 Å². The van der Waals surface area contributed by atoms with Gasteiger partial charge in [0.05, 0.1) is 26.2 Å². The molecule has 1 aliphatic rings. The summed E-state index contributed by atoms with van der Waals surface area (Å²) in [5, 5.41) is 34.5. The van der Waals surface area contributed by atoms with E-state index in [4.69, 9.17) is 58.6 Å². The average Bonchev–Trinajstić information content (AvgIpc) is 2.61. The van der Waals surface area contributed by atoms with E-state index < -0.39 is 57.9 Å². The monoisotopic (exact) mass is 619 g/mol. The summed E-state index contributed by atoms with van der Waals surface area (Å²) in [6.07, 6.45) is -1.16. The molecule has 1 saturated heterocycles. The molecule has 1 rings (SSSR count). The molecule has 0 atom stereocenters. The fraction of sp³-hybridized carbons (Fsp3) is 0.778. The molecule has 1 radical (unpaired) electrons. The van der Waals surface area contributed by atoms with Gasteiger partial charge in [-0.25, -0.2) is 0 Å². The van der Waals surface area contributed by atoms with Gasteiger partial charge in [0.25, 0.3) is 0 Å². The van der Waals surface area contributed by atoms with Crippen molar-refractivity contribution in [2.24, 2.45) is 0 Å². The Balaban J connectivity index is -0.000000573. The molecule has 0 saturated carbocycles. The summed E-state index contributed by atoms with van der Waals surface area (Å²) >= 11 is 0. The van der Waals surface area contributed by atoms with Crippen molar-refractivity contribution in [2.75, 3.05) is 39.3 Å². The van der Waals surface area contributed by atoms with Crippen LogP contribution in [0.15, 0.2) is 0 Å². The Labute approximate surface area is 228 Å². The molecular formula is C18H32FeN2O16P. The van der Waals surface area contributed by atoms with E-state index in [-0.39, 0.29) is 55.3 Å². The van der Waals surface area contributed by atoms with Crippen LogP contribution in [-0.4, -0.2) is 119 Å². The van der Waals surface area contributed by atoms with Crippen molar-refractivity contribution >= 4 is 31.7 Å². The number of carboxylic acid groups (broad SMARTS) is 4. The van der Waals surface area contributed by atoms with Gasteiger partial charge in [0, 0.05) is 13.1 Å². The van der Waals surface area contributed by atoms with Gasteiger partial charge in [-0.05, 0) is 27.7 Å². The first-order chi connectivity index (χ1) is 16.8. The molecule has 4 N–H and O–H groups in total. The maximum atomic E-state index is 10.6. The summed E-state index contributed by atoms with van der Waals surface area (Å²) in [4.78, 5) is 70.0. The van der Waals surface area contributed by atoms with Crippen LogP contribution in [0.5, 0.6) is 0 Å². The Morgan fingerprint density at radius 2 is 0.763 bits per heavy atom. The number of aliphatic carboxylic acids is 4. The number of ether oxygens (including phenoxy) is 4. The third-order valence-corrected chi connectivity index (χ3v) is 3.70. The molecular weight excluding hydrogens is 587 g/mol. The molecule has 1 heterocycles. The van der Waals surface area contributed by atoms with E-state index in [0.717, 1.165) is 9.80 Å². The third-order valence-electron chi connectivity index (χ3n) is 3.70. The SMILES string of the molecule is CC1OC(C)OC(C)OC(C)O1.O=C(O)CN(CCN(CC(=O)O)CC(=O)O)CC(=O)O.O=P([O-])([O-])[O-].[Fe+3]. The summed E-state index contributed by atoms with van der Waals surface area (Å²) in [5.74, 6) is -4.91. The van der Waals surface area contributed by atoms with Gasteiger partial charge in [0.15, 0.2) is 25.2 Å². The van der Waals surface area contributed by atoms with Crippen molar-refractivity contribution in [3.63, 3.8) is 0 Å². The zero-order valence-corrected chi connectivity index (χ0v) is 22.9. The molecule has 20 heteroatoms. The van der Waals surface area contributed by atoms with Gasteiger partial charge in [-0.3, -0.25) is 29.0 Å². The summed E-state index contributed by atoms with van der Waals surface area (Å²) in [6.45, 7) is 5.01. The van der Waals surface area contributed by atoms with Crippen molar-refractivity contribution in [1.29, 1.82) is 0 Å². The molecule has 1 fully saturated rings. The largest absolute Gasteiger partial charge is 3.00 e. The fourth-order valence-corrected chi connectivity index (χ4v) is 2.68. The van der Waals surface area contributed by atoms with Crippen LogP contribution in [0.3, 0.4) is 0 Å². The van der Waals surface area contributed by atoms with Crippen molar-refractivity contribution < 1.29 is 94.9 Å². The number of nitrogens with zero attached hydrogens (tertiary/aromatic N) is 2. The zero-order chi connectivity index (χ0) is 29.3. The molecule has 18 nitrogen and oxygen atoms in total. The summed E-state index contributed by atoms with van der Waals surface area (Å²) in [5.41, 5.74) is 0. The minimum atomic E-state index is -5.39. The molecule has 223 valence electrons. The van der Waals surface area contributed by atoms with E-state index in [9.17, 15) is 19.2 Å². The molecule has 0 aromatic heterocycles. The van der Waals surface area contributed by atoms with Gasteiger partial charge in [-0.15, -0.1) is 0 Å². The number of phosphoric acid groups is 1. The average molecular weight is 619 g/mol. The first-order valence-corrected chi connectivity index (χ1v) is 11.9. The zero-order valence-electron chi connectivity index (χ0n) is 20.9. The Morgan fingerprint density at radius 1 is 0.605 bits per heavy atom. The van der Waals surface area contributed by atoms with E-state index in [1.54, 1.807) is 0 Å². The van der Waals surface area contributed by atoms with E-state index >= 15 is 0 Å². The normalized spacial score (nSPS) is 21.4. The molecule has 0 aromatic carbocycles. The van der Waals surface area contributed by atoms with Gasteiger partial charge >= 0.3 is 40.9 Å². The van der Waals surface area contributed by atoms with E-state index in [1.807, 2.05) is 27.7 Å². The summed E-state index contributed by atoms with van der Waals surface area (Å²) in [6, 6.07) is 0. The van der Waals surface area contributed by atoms with Gasteiger partial charge in [-0.1, -0.05) is 0 Å². The number of rotatable bonds is 11. The molecule has 0 aliphatic carbocycles. The van der Waals surface area contributed by atoms with Crippen LogP contribution in [0.25, 0.3) is 0 Å². The number of carboxylic acids is 4. The quantitative estimate of drug-likeness (QED) is 0.129. The van der Waals surface area contributed by atoms with Crippen LogP contribution >= 0.6 is 7.82 Å². The molecule has 0 spiro atoms. The summed E-state index contributed by atoms with van der Waals surface area (Å²) in [7, 11) is -5.39. The Kier molecular flexibility index (Phi) is 22.7. The second-order valence-electron chi connectivity index (χ2n) is 7.26. The molecule has 0 amide bonds. The maximum absolute atomic E-state index is 10.6. The predicted octanol–water partition coefficient (Wildman–Crippen LogP) is -3.45. The van der Waals surface area contributed by atoms with Crippen LogP contribution in [-0.2, 0) is 59.8 Å². The minimum absolute atomic E-state index is 0. The Bertz CT molecular complexity index is 652. The van der Waals surface area contributed by atoms with Crippen LogP contribution in [0.2, 0.25) is 0 Å². The molecule has 0 unspecified atom stereocenters. The van der Waals surface area contributed by atoms with E-state index in [2.05, 4.69) is 0 Å². The van der Waals surface area contributed by atoms with Crippen LogP contribution < -0.4 is 14.7 Å². The molecule has 0 aromatic rings. The van der Waals surface area contributed by atoms with Crippen molar-refractivity contribution in [3.05, 3.63) is 0 Å². The van der Waals surface area contributed by atoms with Gasteiger partial charge < -0.3 is 58.6 Å². The van der Waals surface area contributed by atoms with Gasteiger partial charge in [0.2, 0.25) is 0 Å². The van der Waals surface area contributed by atoms with Crippen molar-refractivity contribution in [2.45, 2.75) is 52.9 Å². The first kappa shape index (κ1) is 40.8. The number of hydrogen-bond acceptors (Lipinski definition) is 14. The fourth-order valence-electron chi connectivity index (χ4n) is 2.68. The number of carbonyl (C=O) groups is 4. The molecule has 0 bridgehead atoms. The van der Waals surface area contributed by atoms with Crippen molar-refractivity contribution in [1.82, 2.24) is 9.80 Å². The van der Waals surface area contributed by atoms with Crippen LogP contribution in [0.4, 0.5) is 0 Å². The Hall–Kier alpha value is -1.73. The predicted molar refractivity (Wildman–Crippen MR) is 113 cm³/mol. The van der Waals surface area contributed by atoms with Crippen molar-refractivity contribution in [3.8, 4) is 0 Å².